The van der Waals surface area contributed by atoms with Crippen LogP contribution in [0.15, 0.2) is 72.0 Å². The molecule has 7 heteroatoms. The van der Waals surface area contributed by atoms with Crippen molar-refractivity contribution in [1.82, 2.24) is 4.98 Å². The maximum absolute atomic E-state index is 12.8. The number of nitrogens with one attached hydrogen (secondary N) is 1. The number of aliphatic imine (C=N–C) groups is 1. The Balaban J connectivity index is 1.80. The van der Waals surface area contributed by atoms with Gasteiger partial charge >= 0.3 is 6.18 Å². The zero-order valence-corrected chi connectivity index (χ0v) is 14.9. The number of hydrogen-bond acceptors (Lipinski definition) is 3. The third kappa shape index (κ3) is 4.82. The molecule has 0 spiro atoms. The number of carbonyl (C=O) groups is 1. The number of aryl methyl sites for hydroxylation is 1. The second kappa shape index (κ2) is 8.04. The predicted octanol–water partition coefficient (Wildman–Crippen LogP) is 5.41. The van der Waals surface area contributed by atoms with Gasteiger partial charge in [0.2, 0.25) is 0 Å². The summed E-state index contributed by atoms with van der Waals surface area (Å²) in [5.74, 6) is -0.504. The Bertz CT molecular complexity index is 1010. The summed E-state index contributed by atoms with van der Waals surface area (Å²) in [4.78, 5) is 20.8. The van der Waals surface area contributed by atoms with Crippen molar-refractivity contribution in [3.8, 4) is 0 Å². The lowest BCUT2D eigenvalue weighted by Crippen LogP contribution is -2.13. The number of alkyl halides is 3. The van der Waals surface area contributed by atoms with Gasteiger partial charge in [-0.3, -0.25) is 14.8 Å². The fourth-order valence-corrected chi connectivity index (χ4v) is 2.47. The third-order valence-corrected chi connectivity index (χ3v) is 3.99. The van der Waals surface area contributed by atoms with Gasteiger partial charge in [-0.15, -0.1) is 0 Å². The van der Waals surface area contributed by atoms with Gasteiger partial charge in [-0.25, -0.2) is 0 Å². The molecular formula is C21H16F3N3O. The maximum atomic E-state index is 12.8. The number of pyridine rings is 1. The van der Waals surface area contributed by atoms with Gasteiger partial charge in [-0.05, 0) is 60.5 Å². The molecule has 3 rings (SSSR count). The highest BCUT2D eigenvalue weighted by molar-refractivity contribution is 6.05. The van der Waals surface area contributed by atoms with Crippen LogP contribution in [0.3, 0.4) is 0 Å². The number of aromatic nitrogens is 1. The summed E-state index contributed by atoms with van der Waals surface area (Å²) >= 11 is 0. The highest BCUT2D eigenvalue weighted by atomic mass is 19.4. The van der Waals surface area contributed by atoms with Crippen LogP contribution in [0.1, 0.15) is 27.0 Å². The molecule has 2 aromatic carbocycles. The smallest absolute Gasteiger partial charge is 0.322 e. The van der Waals surface area contributed by atoms with Gasteiger partial charge in [-0.1, -0.05) is 12.1 Å². The number of carbonyl (C=O) groups excluding carboxylic acids is 1. The molecule has 28 heavy (non-hydrogen) atoms. The Kier molecular flexibility index (Phi) is 5.54. The number of amides is 1. The number of halogens is 3. The zero-order chi connectivity index (χ0) is 20.1. The molecule has 0 aliphatic heterocycles. The summed E-state index contributed by atoms with van der Waals surface area (Å²) in [6, 6.07) is 13.1. The van der Waals surface area contributed by atoms with Gasteiger partial charge in [0.1, 0.15) is 0 Å². The van der Waals surface area contributed by atoms with E-state index in [1.54, 1.807) is 48.9 Å². The van der Waals surface area contributed by atoms with Crippen LogP contribution in [0.5, 0.6) is 0 Å². The first-order chi connectivity index (χ1) is 13.3. The second-order valence-corrected chi connectivity index (χ2v) is 6.07. The first-order valence-corrected chi connectivity index (χ1v) is 8.36. The van der Waals surface area contributed by atoms with Crippen LogP contribution < -0.4 is 5.32 Å². The van der Waals surface area contributed by atoms with Crippen LogP contribution >= 0.6 is 0 Å². The largest absolute Gasteiger partial charge is 0.416 e. The number of benzene rings is 2. The van der Waals surface area contributed by atoms with Gasteiger partial charge in [0.25, 0.3) is 5.91 Å². The van der Waals surface area contributed by atoms with Crippen molar-refractivity contribution in [2.24, 2.45) is 4.99 Å². The molecular weight excluding hydrogens is 367 g/mol. The molecule has 1 aromatic heterocycles. The number of nitrogens with zero attached hydrogens (tertiary/aromatic N) is 2. The lowest BCUT2D eigenvalue weighted by Gasteiger charge is -2.10. The molecule has 0 bridgehead atoms. The molecule has 0 aliphatic rings. The van der Waals surface area contributed by atoms with Crippen LogP contribution in [0.25, 0.3) is 0 Å². The average molecular weight is 383 g/mol. The van der Waals surface area contributed by atoms with Crippen molar-refractivity contribution < 1.29 is 18.0 Å². The Labute approximate surface area is 159 Å². The van der Waals surface area contributed by atoms with Crippen LogP contribution in [-0.2, 0) is 6.18 Å². The van der Waals surface area contributed by atoms with Crippen LogP contribution in [0.4, 0.5) is 24.5 Å². The van der Waals surface area contributed by atoms with E-state index < -0.39 is 17.6 Å². The zero-order valence-electron chi connectivity index (χ0n) is 14.9. The summed E-state index contributed by atoms with van der Waals surface area (Å²) < 4.78 is 38.5. The first kappa shape index (κ1) is 19.3. The number of anilines is 1. The fraction of sp³-hybridized carbons (Fsp3) is 0.0952. The van der Waals surface area contributed by atoms with Gasteiger partial charge in [0, 0.05) is 23.7 Å². The molecule has 1 N–H and O–H groups in total. The fourth-order valence-electron chi connectivity index (χ4n) is 2.47. The monoisotopic (exact) mass is 383 g/mol. The highest BCUT2D eigenvalue weighted by Gasteiger charge is 2.30. The quantitative estimate of drug-likeness (QED) is 0.613. The van der Waals surface area contributed by atoms with Crippen molar-refractivity contribution in [3.63, 3.8) is 0 Å². The van der Waals surface area contributed by atoms with E-state index in [4.69, 9.17) is 0 Å². The minimum Gasteiger partial charge on any atom is -0.322 e. The minimum absolute atomic E-state index is 0.0750. The summed E-state index contributed by atoms with van der Waals surface area (Å²) in [6.07, 6.45) is 0.396. The van der Waals surface area contributed by atoms with E-state index in [1.807, 2.05) is 6.92 Å². The number of rotatable bonds is 4. The van der Waals surface area contributed by atoms with Crippen molar-refractivity contribution in [2.45, 2.75) is 13.1 Å². The lowest BCUT2D eigenvalue weighted by molar-refractivity contribution is -0.137. The molecule has 0 radical (unpaired) electrons. The summed E-state index contributed by atoms with van der Waals surface area (Å²) in [5.41, 5.74) is 1.87. The van der Waals surface area contributed by atoms with Crippen molar-refractivity contribution in [1.29, 1.82) is 0 Å². The van der Waals surface area contributed by atoms with E-state index in [-0.39, 0.29) is 5.69 Å². The lowest BCUT2D eigenvalue weighted by atomic mass is 10.1. The minimum atomic E-state index is -4.47. The molecule has 4 nitrogen and oxygen atoms in total. The van der Waals surface area contributed by atoms with Crippen molar-refractivity contribution >= 4 is 23.5 Å². The van der Waals surface area contributed by atoms with Crippen LogP contribution in [0, 0.1) is 6.92 Å². The molecule has 3 aromatic rings. The average Bonchev–Trinajstić information content (AvgIpc) is 2.67. The molecule has 0 unspecified atom stereocenters. The van der Waals surface area contributed by atoms with Crippen LogP contribution in [0.2, 0.25) is 0 Å². The van der Waals surface area contributed by atoms with E-state index >= 15 is 0 Å². The molecule has 0 saturated heterocycles. The molecule has 0 atom stereocenters. The molecule has 0 saturated carbocycles. The van der Waals surface area contributed by atoms with Crippen molar-refractivity contribution in [3.05, 3.63) is 89.2 Å². The van der Waals surface area contributed by atoms with E-state index in [1.165, 1.54) is 12.1 Å². The van der Waals surface area contributed by atoms with E-state index in [2.05, 4.69) is 15.3 Å². The molecule has 1 amide bonds. The summed E-state index contributed by atoms with van der Waals surface area (Å²) in [6.45, 7) is 1.87. The van der Waals surface area contributed by atoms with E-state index in [9.17, 15) is 18.0 Å². The second-order valence-electron chi connectivity index (χ2n) is 6.07. The van der Waals surface area contributed by atoms with Gasteiger partial charge in [0.05, 0.1) is 17.4 Å². The van der Waals surface area contributed by atoms with Gasteiger partial charge in [0.15, 0.2) is 0 Å². The number of hydrogen-bond donors (Lipinski definition) is 1. The van der Waals surface area contributed by atoms with Gasteiger partial charge in [-0.2, -0.15) is 13.2 Å². The van der Waals surface area contributed by atoms with E-state index in [0.29, 0.717) is 11.3 Å². The summed E-state index contributed by atoms with van der Waals surface area (Å²) in [7, 11) is 0. The third-order valence-electron chi connectivity index (χ3n) is 3.99. The maximum Gasteiger partial charge on any atom is 0.416 e. The summed E-state index contributed by atoms with van der Waals surface area (Å²) in [5, 5.41) is 2.50. The Hall–Kier alpha value is -3.48. The Morgan fingerprint density at radius 2 is 1.93 bits per heavy atom. The first-order valence-electron chi connectivity index (χ1n) is 8.36. The standard InChI is InChI=1S/C21H16F3N3O/c1-14-7-8-15(10-16(14)12-26-19-6-3-9-25-13-19)20(28)27-18-5-2-4-17(11-18)21(22,23)24/h2-13H,1H3,(H,27,28)/b26-12+. The highest BCUT2D eigenvalue weighted by Crippen LogP contribution is 2.30. The Morgan fingerprint density at radius 1 is 1.11 bits per heavy atom. The topological polar surface area (TPSA) is 54.4 Å². The molecule has 1 heterocycles. The normalized spacial score (nSPS) is 11.6. The van der Waals surface area contributed by atoms with E-state index in [0.717, 1.165) is 23.3 Å². The predicted molar refractivity (Wildman–Crippen MR) is 102 cm³/mol. The SMILES string of the molecule is Cc1ccc(C(=O)Nc2cccc(C(F)(F)F)c2)cc1/C=N/c1cccnc1. The Morgan fingerprint density at radius 3 is 2.64 bits per heavy atom. The molecule has 142 valence electrons. The molecule has 0 fully saturated rings. The van der Waals surface area contributed by atoms with Crippen LogP contribution in [-0.4, -0.2) is 17.1 Å². The molecule has 0 aliphatic carbocycles. The van der Waals surface area contributed by atoms with Crippen molar-refractivity contribution in [2.75, 3.05) is 5.32 Å². The van der Waals surface area contributed by atoms with Gasteiger partial charge < -0.3 is 5.32 Å².